The van der Waals surface area contributed by atoms with E-state index in [1.807, 2.05) is 41.3 Å². The molecule has 2 aliphatic carbocycles. The number of nitrogens with zero attached hydrogens (tertiary/aromatic N) is 4. The number of aryl methyl sites for hydroxylation is 1. The molecule has 2 aromatic heterocycles. The first kappa shape index (κ1) is 27.4. The number of para-hydroxylation sites is 2. The predicted octanol–water partition coefficient (Wildman–Crippen LogP) is 4.24. The molecule has 1 fully saturated rings. The minimum absolute atomic E-state index is 0.0696. The van der Waals surface area contributed by atoms with Crippen molar-refractivity contribution in [2.45, 2.75) is 51.1 Å². The van der Waals surface area contributed by atoms with Crippen molar-refractivity contribution in [1.82, 2.24) is 19.7 Å². The fourth-order valence-corrected chi connectivity index (χ4v) is 6.17. The Labute approximate surface area is 242 Å². The van der Waals surface area contributed by atoms with Gasteiger partial charge in [-0.25, -0.2) is 4.98 Å². The SMILES string of the molecule is NC(=O)C(CCC=O)C1C(=O)c2ccc(NC3CC(CCCn4cc(-c5cnc6ccccc6n5)cn4)C3)cc2C1=O. The molecule has 2 atom stereocenters. The first-order valence-corrected chi connectivity index (χ1v) is 14.4. The van der Waals surface area contributed by atoms with Crippen LogP contribution >= 0.6 is 0 Å². The van der Waals surface area contributed by atoms with Crippen molar-refractivity contribution >= 4 is 40.5 Å². The van der Waals surface area contributed by atoms with E-state index < -0.39 is 29.3 Å². The molecule has 3 N–H and O–H groups in total. The van der Waals surface area contributed by atoms with Crippen LogP contribution in [0.1, 0.15) is 59.2 Å². The van der Waals surface area contributed by atoms with E-state index in [-0.39, 0.29) is 12.8 Å². The van der Waals surface area contributed by atoms with E-state index in [0.717, 1.165) is 60.2 Å². The van der Waals surface area contributed by atoms with E-state index >= 15 is 0 Å². The Morgan fingerprint density at radius 3 is 2.64 bits per heavy atom. The number of benzene rings is 2. The number of nitrogens with two attached hydrogens (primary N) is 1. The quantitative estimate of drug-likeness (QED) is 0.192. The van der Waals surface area contributed by atoms with Crippen molar-refractivity contribution in [1.29, 1.82) is 0 Å². The number of nitrogens with one attached hydrogen (secondary N) is 1. The van der Waals surface area contributed by atoms with E-state index in [4.69, 9.17) is 10.7 Å². The molecule has 4 aromatic rings. The predicted molar refractivity (Wildman–Crippen MR) is 157 cm³/mol. The van der Waals surface area contributed by atoms with E-state index in [0.29, 0.717) is 29.4 Å². The van der Waals surface area contributed by atoms with Crippen LogP contribution < -0.4 is 11.1 Å². The summed E-state index contributed by atoms with van der Waals surface area (Å²) in [5, 5.41) is 7.99. The molecule has 2 heterocycles. The van der Waals surface area contributed by atoms with Crippen molar-refractivity contribution in [2.24, 2.45) is 23.5 Å². The Balaban J connectivity index is 0.983. The second kappa shape index (κ2) is 11.6. The van der Waals surface area contributed by atoms with Crippen molar-refractivity contribution < 1.29 is 19.2 Å². The Morgan fingerprint density at radius 2 is 1.86 bits per heavy atom. The number of Topliss-reactive ketones (excluding diaryl/α,β-unsaturated/α-hetero) is 2. The zero-order valence-corrected chi connectivity index (χ0v) is 23.1. The lowest BCUT2D eigenvalue weighted by Crippen LogP contribution is -2.36. The van der Waals surface area contributed by atoms with Gasteiger partial charge in [-0.3, -0.25) is 24.0 Å². The standard InChI is InChI=1S/C32H32N6O4/c33-32(42)24(6-4-12-39)29-30(40)23-10-9-21(15-25(23)31(29)41)36-22-13-19(14-22)5-3-11-38-18-20(16-35-38)28-17-34-26-7-1-2-8-27(26)37-28/h1-2,7-10,12,15-19,22,24,29,36H,3-6,11,13-14H2,(H2,33,42). The van der Waals surface area contributed by atoms with Crippen molar-refractivity contribution in [3.63, 3.8) is 0 Å². The average Bonchev–Trinajstić information content (AvgIpc) is 3.54. The fraction of sp³-hybridized carbons (Fsp3) is 0.344. The summed E-state index contributed by atoms with van der Waals surface area (Å²) in [6.45, 7) is 0.830. The molecule has 0 bridgehead atoms. The molecule has 0 spiro atoms. The van der Waals surface area contributed by atoms with Crippen LogP contribution in [0, 0.1) is 17.8 Å². The number of fused-ring (bicyclic) bond motifs is 2. The largest absolute Gasteiger partial charge is 0.382 e. The van der Waals surface area contributed by atoms with Gasteiger partial charge in [0.1, 0.15) is 6.29 Å². The molecule has 214 valence electrons. The summed E-state index contributed by atoms with van der Waals surface area (Å²) in [6.07, 6.45) is 10.6. The van der Waals surface area contributed by atoms with Gasteiger partial charge in [0, 0.05) is 47.6 Å². The minimum Gasteiger partial charge on any atom is -0.382 e. The zero-order chi connectivity index (χ0) is 29.2. The summed E-state index contributed by atoms with van der Waals surface area (Å²) < 4.78 is 1.96. The van der Waals surface area contributed by atoms with Gasteiger partial charge in [0.05, 0.1) is 41.0 Å². The van der Waals surface area contributed by atoms with Crippen LogP contribution in [0.5, 0.6) is 0 Å². The Bertz CT molecular complexity index is 1670. The zero-order valence-electron chi connectivity index (χ0n) is 23.1. The molecule has 42 heavy (non-hydrogen) atoms. The highest BCUT2D eigenvalue weighted by Gasteiger charge is 2.45. The maximum atomic E-state index is 13.1. The molecule has 0 saturated heterocycles. The highest BCUT2D eigenvalue weighted by molar-refractivity contribution is 6.28. The van der Waals surface area contributed by atoms with Crippen LogP contribution in [0.3, 0.4) is 0 Å². The van der Waals surface area contributed by atoms with Gasteiger partial charge in [-0.1, -0.05) is 12.1 Å². The molecule has 2 unspecified atom stereocenters. The van der Waals surface area contributed by atoms with Gasteiger partial charge in [0.2, 0.25) is 5.91 Å². The molecule has 10 heteroatoms. The first-order valence-electron chi connectivity index (χ1n) is 14.4. The van der Waals surface area contributed by atoms with Crippen LogP contribution in [0.2, 0.25) is 0 Å². The summed E-state index contributed by atoms with van der Waals surface area (Å²) >= 11 is 0. The van der Waals surface area contributed by atoms with Crippen LogP contribution in [-0.2, 0) is 16.1 Å². The summed E-state index contributed by atoms with van der Waals surface area (Å²) in [4.78, 5) is 58.0. The number of anilines is 1. The molecule has 1 amide bonds. The number of primary amides is 1. The van der Waals surface area contributed by atoms with E-state index in [1.165, 1.54) is 0 Å². The topological polar surface area (TPSA) is 150 Å². The third-order valence-electron chi connectivity index (χ3n) is 8.46. The van der Waals surface area contributed by atoms with Crippen molar-refractivity contribution in [3.05, 3.63) is 72.2 Å². The smallest absolute Gasteiger partial charge is 0.221 e. The highest BCUT2D eigenvalue weighted by atomic mass is 16.2. The number of aromatic nitrogens is 4. The van der Waals surface area contributed by atoms with Crippen LogP contribution in [-0.4, -0.2) is 49.6 Å². The van der Waals surface area contributed by atoms with E-state index in [9.17, 15) is 19.2 Å². The number of hydrogen-bond acceptors (Lipinski definition) is 8. The number of carbonyl (C=O) groups excluding carboxylic acids is 4. The molecule has 2 aliphatic rings. The van der Waals surface area contributed by atoms with Crippen molar-refractivity contribution in [3.8, 4) is 11.3 Å². The van der Waals surface area contributed by atoms with E-state index in [2.05, 4.69) is 15.4 Å². The maximum absolute atomic E-state index is 13.1. The molecule has 10 nitrogen and oxygen atoms in total. The van der Waals surface area contributed by atoms with Gasteiger partial charge >= 0.3 is 0 Å². The lowest BCUT2D eigenvalue weighted by Gasteiger charge is -2.36. The molecule has 1 saturated carbocycles. The number of rotatable bonds is 12. The van der Waals surface area contributed by atoms with Gasteiger partial charge in [0.15, 0.2) is 11.6 Å². The van der Waals surface area contributed by atoms with Crippen molar-refractivity contribution in [2.75, 3.05) is 5.32 Å². The second-order valence-corrected chi connectivity index (χ2v) is 11.3. The highest BCUT2D eigenvalue weighted by Crippen LogP contribution is 2.37. The molecule has 6 rings (SSSR count). The van der Waals surface area contributed by atoms with Gasteiger partial charge in [-0.15, -0.1) is 0 Å². The molecular formula is C32H32N6O4. The number of hydrogen-bond donors (Lipinski definition) is 2. The van der Waals surface area contributed by atoms with Gasteiger partial charge < -0.3 is 15.8 Å². The van der Waals surface area contributed by atoms with Crippen LogP contribution in [0.25, 0.3) is 22.3 Å². The van der Waals surface area contributed by atoms with Gasteiger partial charge in [-0.05, 0) is 68.4 Å². The lowest BCUT2D eigenvalue weighted by atomic mass is 9.77. The molecule has 0 radical (unpaired) electrons. The number of amides is 1. The second-order valence-electron chi connectivity index (χ2n) is 11.3. The molecule has 2 aromatic carbocycles. The maximum Gasteiger partial charge on any atom is 0.221 e. The Kier molecular flexibility index (Phi) is 7.60. The summed E-state index contributed by atoms with van der Waals surface area (Å²) in [7, 11) is 0. The minimum atomic E-state index is -1.15. The summed E-state index contributed by atoms with van der Waals surface area (Å²) in [6, 6.07) is 13.3. The van der Waals surface area contributed by atoms with Gasteiger partial charge in [-0.2, -0.15) is 5.10 Å². The summed E-state index contributed by atoms with van der Waals surface area (Å²) in [5.74, 6) is -3.04. The normalized spacial score (nSPS) is 20.2. The third-order valence-corrected chi connectivity index (χ3v) is 8.46. The fourth-order valence-electron chi connectivity index (χ4n) is 6.17. The number of aldehydes is 1. The Hall–Kier alpha value is -4.73. The van der Waals surface area contributed by atoms with Gasteiger partial charge in [0.25, 0.3) is 0 Å². The Morgan fingerprint density at radius 1 is 1.07 bits per heavy atom. The van der Waals surface area contributed by atoms with Crippen LogP contribution in [0.4, 0.5) is 5.69 Å². The number of carbonyl (C=O) groups is 4. The number of ketones is 2. The summed E-state index contributed by atoms with van der Waals surface area (Å²) in [5.41, 5.74) is 10.4. The first-order chi connectivity index (χ1) is 20.4. The lowest BCUT2D eigenvalue weighted by molar-refractivity contribution is -0.123. The van der Waals surface area contributed by atoms with Crippen LogP contribution in [0.15, 0.2) is 61.1 Å². The van der Waals surface area contributed by atoms with E-state index in [1.54, 1.807) is 24.4 Å². The monoisotopic (exact) mass is 564 g/mol. The molecular weight excluding hydrogens is 532 g/mol. The third kappa shape index (κ3) is 5.44. The average molecular weight is 565 g/mol. The molecule has 0 aliphatic heterocycles.